The molecule has 0 amide bonds. The lowest BCUT2D eigenvalue weighted by Crippen LogP contribution is -2.03. The second kappa shape index (κ2) is 10.7. The summed E-state index contributed by atoms with van der Waals surface area (Å²) >= 11 is 0. The highest BCUT2D eigenvalue weighted by molar-refractivity contribution is 6.01. The van der Waals surface area contributed by atoms with Gasteiger partial charge in [0, 0.05) is 25.0 Å². The lowest BCUT2D eigenvalue weighted by atomic mass is 9.99. The zero-order valence-electron chi connectivity index (χ0n) is 20.9. The minimum Gasteiger partial charge on any atom is -0.425 e. The summed E-state index contributed by atoms with van der Waals surface area (Å²) in [4.78, 5) is 23.6. The van der Waals surface area contributed by atoms with E-state index in [1.165, 1.54) is 13.8 Å². The maximum atomic E-state index is 11.8. The normalized spacial score (nSPS) is 10.2. The first kappa shape index (κ1) is 24.4. The molecule has 0 bridgehead atoms. The SMILES string of the molecule is CC(=O)Oc1cc2cc3cc(C#Cc4ccccc4)c(OC(C)=O)cc3cc2cc1C#Cc1ccccc1. The smallest absolute Gasteiger partial charge is 0.308 e. The van der Waals surface area contributed by atoms with Crippen LogP contribution in [0.25, 0.3) is 21.5 Å². The number of benzene rings is 5. The molecule has 0 saturated carbocycles. The predicted molar refractivity (Wildman–Crippen MR) is 149 cm³/mol. The molecule has 4 heteroatoms. The number of rotatable bonds is 2. The van der Waals surface area contributed by atoms with Gasteiger partial charge in [0.1, 0.15) is 11.5 Å². The van der Waals surface area contributed by atoms with Crippen molar-refractivity contribution in [3.05, 3.63) is 119 Å². The van der Waals surface area contributed by atoms with Crippen molar-refractivity contribution in [1.29, 1.82) is 0 Å². The van der Waals surface area contributed by atoms with Gasteiger partial charge < -0.3 is 9.47 Å². The van der Waals surface area contributed by atoms with Crippen LogP contribution in [0.15, 0.2) is 97.1 Å². The van der Waals surface area contributed by atoms with E-state index in [-0.39, 0.29) is 0 Å². The van der Waals surface area contributed by atoms with Crippen molar-refractivity contribution < 1.29 is 19.1 Å². The van der Waals surface area contributed by atoms with Gasteiger partial charge in [-0.05, 0) is 82.2 Å². The van der Waals surface area contributed by atoms with Crippen LogP contribution >= 0.6 is 0 Å². The second-order valence-electron chi connectivity index (χ2n) is 8.66. The van der Waals surface area contributed by atoms with E-state index in [1.54, 1.807) is 0 Å². The van der Waals surface area contributed by atoms with E-state index in [4.69, 9.17) is 9.47 Å². The van der Waals surface area contributed by atoms with Crippen molar-refractivity contribution in [2.24, 2.45) is 0 Å². The molecule has 0 saturated heterocycles. The van der Waals surface area contributed by atoms with Crippen molar-refractivity contribution in [3.63, 3.8) is 0 Å². The highest BCUT2D eigenvalue weighted by Gasteiger charge is 2.12. The molecule has 0 heterocycles. The van der Waals surface area contributed by atoms with Crippen LogP contribution < -0.4 is 9.47 Å². The first-order chi connectivity index (χ1) is 18.4. The van der Waals surface area contributed by atoms with Crippen LogP contribution in [0.1, 0.15) is 36.1 Å². The Morgan fingerprint density at radius 3 is 1.24 bits per heavy atom. The Labute approximate surface area is 220 Å². The molecule has 0 aromatic heterocycles. The summed E-state index contributed by atoms with van der Waals surface area (Å²) in [5.41, 5.74) is 2.91. The maximum absolute atomic E-state index is 11.8. The summed E-state index contributed by atoms with van der Waals surface area (Å²) in [5, 5.41) is 3.56. The van der Waals surface area contributed by atoms with Crippen LogP contribution in [-0.2, 0) is 9.59 Å². The van der Waals surface area contributed by atoms with E-state index in [1.807, 2.05) is 97.1 Å². The lowest BCUT2D eigenvalue weighted by molar-refractivity contribution is -0.132. The Morgan fingerprint density at radius 2 is 0.868 bits per heavy atom. The molecule has 0 atom stereocenters. The molecule has 0 spiro atoms. The molecular weight excluding hydrogens is 472 g/mol. The summed E-state index contributed by atoms with van der Waals surface area (Å²) in [6, 6.07) is 30.6. The van der Waals surface area contributed by atoms with Crippen molar-refractivity contribution in [2.75, 3.05) is 0 Å². The molecule has 0 radical (unpaired) electrons. The minimum absolute atomic E-state index is 0.397. The van der Waals surface area contributed by atoms with E-state index in [9.17, 15) is 9.59 Å². The monoisotopic (exact) mass is 494 g/mol. The molecule has 0 aliphatic heterocycles. The fourth-order valence-electron chi connectivity index (χ4n) is 4.06. The van der Waals surface area contributed by atoms with Crippen LogP contribution in [0.4, 0.5) is 0 Å². The molecule has 0 aliphatic rings. The Balaban J connectivity index is 1.65. The van der Waals surface area contributed by atoms with Gasteiger partial charge in [-0.1, -0.05) is 60.1 Å². The molecule has 0 fully saturated rings. The summed E-state index contributed by atoms with van der Waals surface area (Å²) in [6.07, 6.45) is 0. The van der Waals surface area contributed by atoms with Crippen LogP contribution in [0, 0.1) is 23.7 Å². The number of carbonyl (C=O) groups is 2. The van der Waals surface area contributed by atoms with Gasteiger partial charge in [0.2, 0.25) is 0 Å². The van der Waals surface area contributed by atoms with Gasteiger partial charge in [0.25, 0.3) is 0 Å². The van der Waals surface area contributed by atoms with Crippen molar-refractivity contribution in [3.8, 4) is 35.2 Å². The molecular formula is C34H22O4. The highest BCUT2D eigenvalue weighted by Crippen LogP contribution is 2.33. The fraction of sp³-hybridized carbons (Fsp3) is 0.0588. The Bertz CT molecular complexity index is 1680. The first-order valence-electron chi connectivity index (χ1n) is 12.0. The van der Waals surface area contributed by atoms with Gasteiger partial charge in [-0.2, -0.15) is 0 Å². The average molecular weight is 495 g/mol. The predicted octanol–water partition coefficient (Wildman–Crippen LogP) is 6.64. The molecule has 0 aliphatic carbocycles. The van der Waals surface area contributed by atoms with Gasteiger partial charge >= 0.3 is 11.9 Å². The van der Waals surface area contributed by atoms with E-state index in [0.29, 0.717) is 22.6 Å². The number of hydrogen-bond donors (Lipinski definition) is 0. The Hall–Kier alpha value is -5.32. The largest absolute Gasteiger partial charge is 0.425 e. The zero-order valence-corrected chi connectivity index (χ0v) is 20.9. The molecule has 5 aromatic rings. The van der Waals surface area contributed by atoms with Crippen LogP contribution in [0.5, 0.6) is 11.5 Å². The van der Waals surface area contributed by atoms with Crippen LogP contribution in [-0.4, -0.2) is 11.9 Å². The minimum atomic E-state index is -0.419. The second-order valence-corrected chi connectivity index (χ2v) is 8.66. The molecule has 4 nitrogen and oxygen atoms in total. The van der Waals surface area contributed by atoms with Gasteiger partial charge in [0.05, 0.1) is 11.1 Å². The quantitative estimate of drug-likeness (QED) is 0.119. The van der Waals surface area contributed by atoms with Gasteiger partial charge in [-0.3, -0.25) is 9.59 Å². The van der Waals surface area contributed by atoms with Gasteiger partial charge in [-0.25, -0.2) is 0 Å². The van der Waals surface area contributed by atoms with Gasteiger partial charge in [0.15, 0.2) is 0 Å². The number of ether oxygens (including phenoxy) is 2. The average Bonchev–Trinajstić information content (AvgIpc) is 2.90. The summed E-state index contributed by atoms with van der Waals surface area (Å²) < 4.78 is 11.0. The molecule has 182 valence electrons. The van der Waals surface area contributed by atoms with Crippen molar-refractivity contribution in [2.45, 2.75) is 13.8 Å². The standard InChI is InChI=1S/C34H22O4/c1-23(35)37-33-21-31-19-30-18-28(16-14-26-11-7-4-8-12-26)34(38-24(2)36)22-32(30)20-29(31)17-27(33)15-13-25-9-5-3-6-10-25/h3-12,17-22H,1-2H3. The van der Waals surface area contributed by atoms with E-state index in [0.717, 1.165) is 32.7 Å². The van der Waals surface area contributed by atoms with Gasteiger partial charge in [-0.15, -0.1) is 0 Å². The third-order valence-corrected chi connectivity index (χ3v) is 5.73. The summed E-state index contributed by atoms with van der Waals surface area (Å²) in [5.74, 6) is 12.5. The fourth-order valence-corrected chi connectivity index (χ4v) is 4.06. The molecule has 0 N–H and O–H groups in total. The molecule has 5 rings (SSSR count). The number of carbonyl (C=O) groups excluding carboxylic acids is 2. The zero-order chi connectivity index (χ0) is 26.5. The Kier molecular flexibility index (Phi) is 6.89. The third-order valence-electron chi connectivity index (χ3n) is 5.73. The van der Waals surface area contributed by atoms with E-state index in [2.05, 4.69) is 23.7 Å². The maximum Gasteiger partial charge on any atom is 0.308 e. The van der Waals surface area contributed by atoms with Crippen LogP contribution in [0.2, 0.25) is 0 Å². The molecule has 38 heavy (non-hydrogen) atoms. The first-order valence-corrected chi connectivity index (χ1v) is 12.0. The van der Waals surface area contributed by atoms with Crippen LogP contribution in [0.3, 0.4) is 0 Å². The Morgan fingerprint density at radius 1 is 0.500 bits per heavy atom. The molecule has 0 unspecified atom stereocenters. The summed E-state index contributed by atoms with van der Waals surface area (Å²) in [6.45, 7) is 2.74. The number of esters is 2. The topological polar surface area (TPSA) is 52.6 Å². The lowest BCUT2D eigenvalue weighted by Gasteiger charge is -2.11. The van der Waals surface area contributed by atoms with Crippen molar-refractivity contribution in [1.82, 2.24) is 0 Å². The highest BCUT2D eigenvalue weighted by atomic mass is 16.5. The number of fused-ring (bicyclic) bond motifs is 2. The van der Waals surface area contributed by atoms with Crippen molar-refractivity contribution >= 4 is 33.5 Å². The van der Waals surface area contributed by atoms with E-state index >= 15 is 0 Å². The number of hydrogen-bond acceptors (Lipinski definition) is 4. The summed E-state index contributed by atoms with van der Waals surface area (Å²) in [7, 11) is 0. The third kappa shape index (κ3) is 5.73. The van der Waals surface area contributed by atoms with E-state index < -0.39 is 11.9 Å². The molecule has 5 aromatic carbocycles.